The van der Waals surface area contributed by atoms with E-state index in [2.05, 4.69) is 22.2 Å². The van der Waals surface area contributed by atoms with Crippen LogP contribution in [-0.4, -0.2) is 41.2 Å². The Morgan fingerprint density at radius 3 is 2.58 bits per heavy atom. The van der Waals surface area contributed by atoms with Gasteiger partial charge in [0.25, 0.3) is 5.91 Å². The van der Waals surface area contributed by atoms with Gasteiger partial charge < -0.3 is 10.2 Å². The van der Waals surface area contributed by atoms with Crippen LogP contribution in [0.4, 0.5) is 0 Å². The van der Waals surface area contributed by atoms with E-state index in [1.165, 1.54) is 0 Å². The van der Waals surface area contributed by atoms with Crippen molar-refractivity contribution in [2.24, 2.45) is 11.3 Å². The van der Waals surface area contributed by atoms with Gasteiger partial charge in [-0.3, -0.25) is 19.8 Å². The van der Waals surface area contributed by atoms with E-state index in [4.69, 9.17) is 0 Å². The number of hydrogen-bond acceptors (Lipinski definition) is 5. The SMILES string of the molecule is Cc1cc(C(=O)NCC(=O)N2[C@H](c3ccccc3)CC[C@@H]2C(C)(C)C#N)ccc1CC1CC(C)NNC1=O. The van der Waals surface area contributed by atoms with Gasteiger partial charge in [-0.2, -0.15) is 5.26 Å². The monoisotopic (exact) mass is 515 g/mol. The minimum absolute atomic E-state index is 0.0172. The lowest BCUT2D eigenvalue weighted by Gasteiger charge is -2.36. The van der Waals surface area contributed by atoms with Crippen LogP contribution in [0.5, 0.6) is 0 Å². The van der Waals surface area contributed by atoms with Gasteiger partial charge in [-0.05, 0) is 82.2 Å². The summed E-state index contributed by atoms with van der Waals surface area (Å²) in [6.45, 7) is 7.55. The Balaban J connectivity index is 1.44. The van der Waals surface area contributed by atoms with Gasteiger partial charge in [-0.25, -0.2) is 5.43 Å². The smallest absolute Gasteiger partial charge is 0.251 e. The molecule has 0 aliphatic carbocycles. The van der Waals surface area contributed by atoms with Gasteiger partial charge in [0.2, 0.25) is 11.8 Å². The highest BCUT2D eigenvalue weighted by atomic mass is 16.2. The second kappa shape index (κ2) is 11.4. The normalized spacial score (nSPS) is 23.4. The average Bonchev–Trinajstić information content (AvgIpc) is 3.37. The van der Waals surface area contributed by atoms with E-state index < -0.39 is 5.41 Å². The van der Waals surface area contributed by atoms with E-state index in [-0.39, 0.29) is 48.3 Å². The van der Waals surface area contributed by atoms with Crippen LogP contribution in [0.15, 0.2) is 48.5 Å². The fourth-order valence-corrected chi connectivity index (χ4v) is 5.69. The van der Waals surface area contributed by atoms with Gasteiger partial charge in [-0.15, -0.1) is 0 Å². The third-order valence-corrected chi connectivity index (χ3v) is 7.90. The predicted molar refractivity (Wildman–Crippen MR) is 145 cm³/mol. The third kappa shape index (κ3) is 5.89. The molecule has 3 N–H and O–H groups in total. The van der Waals surface area contributed by atoms with Gasteiger partial charge in [0.05, 0.1) is 30.1 Å². The number of nitriles is 1. The number of carbonyl (C=O) groups excluding carboxylic acids is 3. The Kier molecular flexibility index (Phi) is 8.17. The Labute approximate surface area is 224 Å². The third-order valence-electron chi connectivity index (χ3n) is 7.90. The van der Waals surface area contributed by atoms with E-state index >= 15 is 0 Å². The van der Waals surface area contributed by atoms with E-state index in [0.717, 1.165) is 36.0 Å². The van der Waals surface area contributed by atoms with Gasteiger partial charge in [0, 0.05) is 17.5 Å². The van der Waals surface area contributed by atoms with Crippen LogP contribution in [0.1, 0.15) is 73.1 Å². The first-order chi connectivity index (χ1) is 18.1. The summed E-state index contributed by atoms with van der Waals surface area (Å²) in [6, 6.07) is 17.5. The molecule has 8 nitrogen and oxygen atoms in total. The molecule has 2 aromatic rings. The number of amides is 3. The van der Waals surface area contributed by atoms with E-state index in [1.807, 2.05) is 70.2 Å². The molecule has 2 aliphatic rings. The summed E-state index contributed by atoms with van der Waals surface area (Å²) in [7, 11) is 0. The highest BCUT2D eigenvalue weighted by Crippen LogP contribution is 2.43. The molecular weight excluding hydrogens is 478 g/mol. The van der Waals surface area contributed by atoms with Crippen molar-refractivity contribution in [2.45, 2.75) is 71.5 Å². The number of nitrogens with zero attached hydrogens (tertiary/aromatic N) is 2. The number of hydrogen-bond donors (Lipinski definition) is 3. The molecule has 3 amide bonds. The molecule has 0 aromatic heterocycles. The summed E-state index contributed by atoms with van der Waals surface area (Å²) in [4.78, 5) is 40.5. The molecule has 2 fully saturated rings. The molecule has 0 bridgehead atoms. The maximum Gasteiger partial charge on any atom is 0.251 e. The molecule has 2 saturated heterocycles. The molecule has 2 unspecified atom stereocenters. The lowest BCUT2D eigenvalue weighted by atomic mass is 9.84. The van der Waals surface area contributed by atoms with E-state index in [1.54, 1.807) is 11.0 Å². The van der Waals surface area contributed by atoms with Crippen molar-refractivity contribution in [3.63, 3.8) is 0 Å². The molecule has 4 rings (SSSR count). The van der Waals surface area contributed by atoms with Crippen molar-refractivity contribution < 1.29 is 14.4 Å². The quantitative estimate of drug-likeness (QED) is 0.522. The van der Waals surface area contributed by atoms with Gasteiger partial charge >= 0.3 is 0 Å². The Morgan fingerprint density at radius 1 is 1.16 bits per heavy atom. The summed E-state index contributed by atoms with van der Waals surface area (Å²) in [5, 5.41) is 12.6. The molecule has 0 radical (unpaired) electrons. The zero-order chi connectivity index (χ0) is 27.4. The zero-order valence-corrected chi connectivity index (χ0v) is 22.6. The maximum absolute atomic E-state index is 13.5. The Morgan fingerprint density at radius 2 is 1.89 bits per heavy atom. The molecule has 8 heteroatoms. The number of hydrazine groups is 1. The van der Waals surface area contributed by atoms with Crippen LogP contribution in [-0.2, 0) is 16.0 Å². The van der Waals surface area contributed by atoms with Crippen LogP contribution in [0.2, 0.25) is 0 Å². The summed E-state index contributed by atoms with van der Waals surface area (Å²) in [5.41, 5.74) is 8.43. The Bertz CT molecular complexity index is 1240. The summed E-state index contributed by atoms with van der Waals surface area (Å²) in [6.07, 6.45) is 2.86. The van der Waals surface area contributed by atoms with Gasteiger partial charge in [-0.1, -0.05) is 36.4 Å². The summed E-state index contributed by atoms with van der Waals surface area (Å²) >= 11 is 0. The van der Waals surface area contributed by atoms with Gasteiger partial charge in [0.1, 0.15) is 0 Å². The first kappa shape index (κ1) is 27.3. The Hall–Kier alpha value is -3.70. The van der Waals surface area contributed by atoms with Gasteiger partial charge in [0.15, 0.2) is 0 Å². The number of carbonyl (C=O) groups is 3. The first-order valence-electron chi connectivity index (χ1n) is 13.3. The fourth-order valence-electron chi connectivity index (χ4n) is 5.69. The largest absolute Gasteiger partial charge is 0.343 e. The molecule has 38 heavy (non-hydrogen) atoms. The second-order valence-electron chi connectivity index (χ2n) is 11.1. The number of aryl methyl sites for hydroxylation is 1. The second-order valence-corrected chi connectivity index (χ2v) is 11.1. The maximum atomic E-state index is 13.5. The van der Waals surface area contributed by atoms with Crippen molar-refractivity contribution in [2.75, 3.05) is 6.54 Å². The summed E-state index contributed by atoms with van der Waals surface area (Å²) in [5.74, 6) is -0.660. The van der Waals surface area contributed by atoms with Crippen molar-refractivity contribution in [3.05, 3.63) is 70.8 Å². The van der Waals surface area contributed by atoms with Crippen molar-refractivity contribution in [3.8, 4) is 6.07 Å². The number of rotatable bonds is 7. The molecule has 2 aliphatic heterocycles. The number of likely N-dealkylation sites (tertiary alicyclic amines) is 1. The standard InChI is InChI=1S/C30H37N5O3/c1-19-14-23(11-10-22(19)16-24-15-20(2)33-34-29(24)38)28(37)32-17-27(36)35-25(21-8-6-5-7-9-21)12-13-26(35)30(3,4)18-31/h5-11,14,20,24-26,33H,12-13,15-17H2,1-4H3,(H,32,37)(H,34,38)/t20?,24?,25-,26+/m0/s1. The van der Waals surface area contributed by atoms with Crippen molar-refractivity contribution in [1.29, 1.82) is 5.26 Å². The lowest BCUT2D eigenvalue weighted by molar-refractivity contribution is -0.134. The topological polar surface area (TPSA) is 114 Å². The van der Waals surface area contributed by atoms with Crippen LogP contribution in [0, 0.1) is 29.6 Å². The van der Waals surface area contributed by atoms with Crippen LogP contribution < -0.4 is 16.2 Å². The van der Waals surface area contributed by atoms with Crippen LogP contribution >= 0.6 is 0 Å². The highest BCUT2D eigenvalue weighted by molar-refractivity contribution is 5.96. The number of nitrogens with one attached hydrogen (secondary N) is 3. The molecular formula is C30H37N5O3. The summed E-state index contributed by atoms with van der Waals surface area (Å²) < 4.78 is 0. The molecule has 0 spiro atoms. The molecule has 2 heterocycles. The minimum atomic E-state index is -0.709. The van der Waals surface area contributed by atoms with Crippen molar-refractivity contribution >= 4 is 17.7 Å². The molecule has 4 atom stereocenters. The average molecular weight is 516 g/mol. The highest BCUT2D eigenvalue weighted by Gasteiger charge is 2.45. The molecule has 200 valence electrons. The van der Waals surface area contributed by atoms with E-state index in [9.17, 15) is 19.6 Å². The fraction of sp³-hybridized carbons (Fsp3) is 0.467. The van der Waals surface area contributed by atoms with E-state index in [0.29, 0.717) is 12.0 Å². The lowest BCUT2D eigenvalue weighted by Crippen LogP contribution is -2.52. The van der Waals surface area contributed by atoms with Crippen molar-refractivity contribution in [1.82, 2.24) is 21.1 Å². The zero-order valence-electron chi connectivity index (χ0n) is 22.6. The van der Waals surface area contributed by atoms with Crippen LogP contribution in [0.25, 0.3) is 0 Å². The molecule has 0 saturated carbocycles. The minimum Gasteiger partial charge on any atom is -0.343 e. The predicted octanol–water partition coefficient (Wildman–Crippen LogP) is 3.58. The van der Waals surface area contributed by atoms with Crippen LogP contribution in [0.3, 0.4) is 0 Å². The molecule has 2 aromatic carbocycles. The number of benzene rings is 2. The first-order valence-corrected chi connectivity index (χ1v) is 13.3.